The van der Waals surface area contributed by atoms with Gasteiger partial charge in [0.25, 0.3) is 0 Å². The molecule has 0 radical (unpaired) electrons. The number of ether oxygens (including phenoxy) is 1. The van der Waals surface area contributed by atoms with Crippen LogP contribution in [0.3, 0.4) is 0 Å². The van der Waals surface area contributed by atoms with Crippen molar-refractivity contribution in [2.24, 2.45) is 11.5 Å². The zero-order valence-electron chi connectivity index (χ0n) is 7.70. The molecule has 0 rings (SSSR count). The van der Waals surface area contributed by atoms with Gasteiger partial charge in [-0.25, -0.2) is 4.79 Å². The molecule has 1 amide bonds. The van der Waals surface area contributed by atoms with Crippen LogP contribution in [0.25, 0.3) is 0 Å². The fourth-order valence-electron chi connectivity index (χ4n) is 0.771. The third kappa shape index (κ3) is 2.89. The normalized spacial score (nSPS) is 14.7. The Hall–Kier alpha value is -0.750. The molecule has 13 heavy (non-hydrogen) atoms. The Morgan fingerprint density at radius 1 is 1.54 bits per heavy atom. The first-order valence-corrected chi connectivity index (χ1v) is 5.04. The summed E-state index contributed by atoms with van der Waals surface area (Å²) in [7, 11) is 1.17. The first-order chi connectivity index (χ1) is 5.99. The van der Waals surface area contributed by atoms with Crippen LogP contribution >= 0.6 is 11.8 Å². The third-order valence-electron chi connectivity index (χ3n) is 1.69. The zero-order valence-corrected chi connectivity index (χ0v) is 8.52. The number of carbonyl (C=O) groups excluding carboxylic acids is 2. The minimum atomic E-state index is -1.68. The summed E-state index contributed by atoms with van der Waals surface area (Å²) in [6.07, 6.45) is 2.04. The lowest BCUT2D eigenvalue weighted by atomic mass is 9.97. The maximum absolute atomic E-state index is 11.1. The molecule has 0 aromatic rings. The number of nitrogens with two attached hydrogens (primary N) is 2. The summed E-state index contributed by atoms with van der Waals surface area (Å²) in [4.78, 5) is 22.0. The largest absolute Gasteiger partial charge is 0.467 e. The van der Waals surface area contributed by atoms with Gasteiger partial charge in [0.2, 0.25) is 5.91 Å². The second kappa shape index (κ2) is 5.08. The van der Waals surface area contributed by atoms with E-state index in [0.29, 0.717) is 5.75 Å². The highest BCUT2D eigenvalue weighted by atomic mass is 32.2. The molecule has 0 aromatic carbocycles. The van der Waals surface area contributed by atoms with Gasteiger partial charge in [-0.3, -0.25) is 4.79 Å². The van der Waals surface area contributed by atoms with Crippen molar-refractivity contribution in [1.29, 1.82) is 0 Å². The van der Waals surface area contributed by atoms with Crippen LogP contribution in [0.4, 0.5) is 0 Å². The number of carbonyl (C=O) groups is 2. The Balaban J connectivity index is 4.52. The predicted molar refractivity (Wildman–Crippen MR) is 51.1 cm³/mol. The summed E-state index contributed by atoms with van der Waals surface area (Å²) in [6.45, 7) is 0. The standard InChI is InChI=1S/C7H14N2O3S/c1-12-6(11)7(9,5(8)10)3-4-13-2/h3-4,9H2,1-2H3,(H2,8,10). The van der Waals surface area contributed by atoms with Gasteiger partial charge in [0, 0.05) is 0 Å². The predicted octanol–water partition coefficient (Wildman–Crippen LogP) is -0.905. The van der Waals surface area contributed by atoms with E-state index in [1.165, 1.54) is 18.9 Å². The molecule has 0 aromatic heterocycles. The van der Waals surface area contributed by atoms with Crippen molar-refractivity contribution in [2.75, 3.05) is 19.1 Å². The van der Waals surface area contributed by atoms with E-state index >= 15 is 0 Å². The van der Waals surface area contributed by atoms with Crippen LogP contribution in [0.5, 0.6) is 0 Å². The number of amides is 1. The van der Waals surface area contributed by atoms with Gasteiger partial charge in [-0.1, -0.05) is 0 Å². The Morgan fingerprint density at radius 3 is 2.38 bits per heavy atom. The van der Waals surface area contributed by atoms with E-state index < -0.39 is 17.4 Å². The van der Waals surface area contributed by atoms with E-state index in [-0.39, 0.29) is 6.42 Å². The summed E-state index contributed by atoms with van der Waals surface area (Å²) >= 11 is 1.48. The Kier molecular flexibility index (Phi) is 4.79. The molecule has 0 bridgehead atoms. The van der Waals surface area contributed by atoms with Crippen LogP contribution in [0.1, 0.15) is 6.42 Å². The molecule has 6 heteroatoms. The van der Waals surface area contributed by atoms with Gasteiger partial charge in [0.1, 0.15) is 0 Å². The first-order valence-electron chi connectivity index (χ1n) is 3.65. The van der Waals surface area contributed by atoms with Gasteiger partial charge in [0.15, 0.2) is 5.54 Å². The van der Waals surface area contributed by atoms with Crippen LogP contribution in [-0.2, 0) is 14.3 Å². The smallest absolute Gasteiger partial charge is 0.335 e. The fourth-order valence-corrected chi connectivity index (χ4v) is 1.30. The number of esters is 1. The minimum absolute atomic E-state index is 0.191. The van der Waals surface area contributed by atoms with Crippen LogP contribution in [0.15, 0.2) is 0 Å². The van der Waals surface area contributed by atoms with E-state index in [9.17, 15) is 9.59 Å². The summed E-state index contributed by atoms with van der Waals surface area (Å²) in [6, 6.07) is 0. The summed E-state index contributed by atoms with van der Waals surface area (Å²) < 4.78 is 4.40. The highest BCUT2D eigenvalue weighted by molar-refractivity contribution is 7.98. The van der Waals surface area contributed by atoms with Crippen LogP contribution in [0.2, 0.25) is 0 Å². The Bertz CT molecular complexity index is 210. The van der Waals surface area contributed by atoms with Crippen molar-refractivity contribution >= 4 is 23.6 Å². The molecule has 0 saturated heterocycles. The number of thioether (sulfide) groups is 1. The van der Waals surface area contributed by atoms with Gasteiger partial charge >= 0.3 is 5.97 Å². The molecule has 76 valence electrons. The molecular formula is C7H14N2O3S. The van der Waals surface area contributed by atoms with Gasteiger partial charge in [0.05, 0.1) is 7.11 Å². The van der Waals surface area contributed by atoms with Crippen molar-refractivity contribution in [1.82, 2.24) is 0 Å². The molecule has 0 fully saturated rings. The Labute approximate surface area is 81.2 Å². The maximum atomic E-state index is 11.1. The lowest BCUT2D eigenvalue weighted by Gasteiger charge is -2.21. The molecular weight excluding hydrogens is 192 g/mol. The monoisotopic (exact) mass is 206 g/mol. The minimum Gasteiger partial charge on any atom is -0.467 e. The second-order valence-corrected chi connectivity index (χ2v) is 3.56. The van der Waals surface area contributed by atoms with Crippen molar-refractivity contribution in [3.05, 3.63) is 0 Å². The average Bonchev–Trinajstić information content (AvgIpc) is 2.12. The van der Waals surface area contributed by atoms with E-state index in [2.05, 4.69) is 4.74 Å². The van der Waals surface area contributed by atoms with Crippen molar-refractivity contribution < 1.29 is 14.3 Å². The first kappa shape index (κ1) is 12.2. The number of hydrogen-bond acceptors (Lipinski definition) is 5. The van der Waals surface area contributed by atoms with Gasteiger partial charge < -0.3 is 16.2 Å². The molecule has 5 nitrogen and oxygen atoms in total. The summed E-state index contributed by atoms with van der Waals surface area (Å²) in [5, 5.41) is 0. The molecule has 0 aliphatic carbocycles. The maximum Gasteiger partial charge on any atom is 0.335 e. The lowest BCUT2D eigenvalue weighted by molar-refractivity contribution is -0.151. The van der Waals surface area contributed by atoms with E-state index in [1.807, 2.05) is 6.26 Å². The van der Waals surface area contributed by atoms with Gasteiger partial charge in [-0.2, -0.15) is 11.8 Å². The number of rotatable bonds is 5. The van der Waals surface area contributed by atoms with Gasteiger partial charge in [-0.15, -0.1) is 0 Å². The molecule has 1 unspecified atom stereocenters. The van der Waals surface area contributed by atoms with Crippen LogP contribution < -0.4 is 11.5 Å². The van der Waals surface area contributed by atoms with Crippen molar-refractivity contribution in [3.8, 4) is 0 Å². The van der Waals surface area contributed by atoms with Crippen LogP contribution in [0, 0.1) is 0 Å². The van der Waals surface area contributed by atoms with Crippen LogP contribution in [-0.4, -0.2) is 36.5 Å². The molecule has 1 atom stereocenters. The van der Waals surface area contributed by atoms with Crippen molar-refractivity contribution in [3.63, 3.8) is 0 Å². The lowest BCUT2D eigenvalue weighted by Crippen LogP contribution is -2.59. The highest BCUT2D eigenvalue weighted by Gasteiger charge is 2.40. The zero-order chi connectivity index (χ0) is 10.5. The highest BCUT2D eigenvalue weighted by Crippen LogP contribution is 2.11. The van der Waals surface area contributed by atoms with E-state index in [1.54, 1.807) is 0 Å². The summed E-state index contributed by atoms with van der Waals surface area (Å²) in [5.41, 5.74) is 8.85. The second-order valence-electron chi connectivity index (χ2n) is 2.57. The number of primary amides is 1. The average molecular weight is 206 g/mol. The fraction of sp³-hybridized carbons (Fsp3) is 0.714. The molecule has 0 spiro atoms. The molecule has 0 heterocycles. The quantitative estimate of drug-likeness (QED) is 0.449. The molecule has 0 aliphatic heterocycles. The van der Waals surface area contributed by atoms with E-state index in [0.717, 1.165) is 0 Å². The van der Waals surface area contributed by atoms with Gasteiger partial charge in [-0.05, 0) is 18.4 Å². The third-order valence-corrected chi connectivity index (χ3v) is 2.30. The molecule has 4 N–H and O–H groups in total. The van der Waals surface area contributed by atoms with Crippen molar-refractivity contribution in [2.45, 2.75) is 12.0 Å². The topological polar surface area (TPSA) is 95.4 Å². The molecule has 0 aliphatic rings. The Morgan fingerprint density at radius 2 is 2.08 bits per heavy atom. The van der Waals surface area contributed by atoms with E-state index in [4.69, 9.17) is 11.5 Å². The number of methoxy groups -OCH3 is 1. The number of hydrogen-bond donors (Lipinski definition) is 2. The SMILES string of the molecule is COC(=O)C(N)(CCSC)C(N)=O. The summed E-state index contributed by atoms with van der Waals surface area (Å²) in [5.74, 6) is -1.06. The molecule has 0 saturated carbocycles.